The normalized spacial score (nSPS) is 27.5. The number of halogens is 1. The van der Waals surface area contributed by atoms with Crippen molar-refractivity contribution in [1.29, 1.82) is 0 Å². The lowest BCUT2D eigenvalue weighted by molar-refractivity contribution is -0.145. The van der Waals surface area contributed by atoms with E-state index in [0.717, 1.165) is 19.5 Å². The molecule has 0 spiro atoms. The summed E-state index contributed by atoms with van der Waals surface area (Å²) in [4.78, 5) is 14.8. The molecule has 2 heterocycles. The number of carbonyl (C=O) groups excluding carboxylic acids is 1. The molecule has 3 unspecified atom stereocenters. The number of hydrogen-bond donors (Lipinski definition) is 1. The first kappa shape index (κ1) is 18.2. The molecule has 0 aliphatic carbocycles. The number of carbonyl (C=O) groups is 1. The van der Waals surface area contributed by atoms with Crippen LogP contribution in [0.1, 0.15) is 37.8 Å². The molecule has 23 heavy (non-hydrogen) atoms. The van der Waals surface area contributed by atoms with Gasteiger partial charge >= 0.3 is 0 Å². The lowest BCUT2D eigenvalue weighted by Gasteiger charge is -2.39. The van der Waals surface area contributed by atoms with Gasteiger partial charge in [-0.1, -0.05) is 30.3 Å². The van der Waals surface area contributed by atoms with Crippen LogP contribution in [0.2, 0.25) is 0 Å². The van der Waals surface area contributed by atoms with Crippen molar-refractivity contribution in [2.24, 2.45) is 5.92 Å². The average Bonchev–Trinajstić information content (AvgIpc) is 3.07. The van der Waals surface area contributed by atoms with Crippen LogP contribution < -0.4 is 5.32 Å². The third kappa shape index (κ3) is 4.69. The van der Waals surface area contributed by atoms with E-state index in [4.69, 9.17) is 4.74 Å². The summed E-state index contributed by atoms with van der Waals surface area (Å²) in [5.74, 6) is 0.938. The molecule has 0 aromatic heterocycles. The third-order valence-electron chi connectivity index (χ3n) is 4.80. The highest BCUT2D eigenvalue weighted by Crippen LogP contribution is 2.27. The Hall–Kier alpha value is -1.10. The molecule has 3 rings (SSSR count). The number of hydrogen-bond acceptors (Lipinski definition) is 3. The maximum atomic E-state index is 12.7. The Bertz CT molecular complexity index is 491. The number of benzene rings is 1. The second kappa shape index (κ2) is 8.67. The van der Waals surface area contributed by atoms with Gasteiger partial charge < -0.3 is 15.0 Å². The van der Waals surface area contributed by atoms with E-state index in [9.17, 15) is 4.79 Å². The van der Waals surface area contributed by atoms with Crippen LogP contribution in [0.4, 0.5) is 0 Å². The average molecular weight is 339 g/mol. The Kier molecular flexibility index (Phi) is 6.88. The summed E-state index contributed by atoms with van der Waals surface area (Å²) in [6.07, 6.45) is 2.98. The molecule has 1 aromatic rings. The predicted molar refractivity (Wildman–Crippen MR) is 93.8 cm³/mol. The minimum Gasteiger partial charge on any atom is -0.374 e. The van der Waals surface area contributed by atoms with Crippen LogP contribution in [0.3, 0.4) is 0 Å². The Morgan fingerprint density at radius 1 is 1.35 bits per heavy atom. The van der Waals surface area contributed by atoms with Gasteiger partial charge in [0.2, 0.25) is 5.91 Å². The lowest BCUT2D eigenvalue weighted by atomic mass is 9.99. The minimum atomic E-state index is 0. The van der Waals surface area contributed by atoms with E-state index in [1.807, 2.05) is 30.0 Å². The molecule has 2 saturated heterocycles. The zero-order valence-electron chi connectivity index (χ0n) is 13.7. The van der Waals surface area contributed by atoms with Crippen molar-refractivity contribution in [3.63, 3.8) is 0 Å². The van der Waals surface area contributed by atoms with E-state index >= 15 is 0 Å². The SMILES string of the molecule is CC1CN(C(=O)CCC2CCNC2)C(c2ccccc2)CO1.Cl. The van der Waals surface area contributed by atoms with Gasteiger partial charge in [-0.05, 0) is 44.3 Å². The molecule has 1 aromatic carbocycles. The van der Waals surface area contributed by atoms with Crippen molar-refractivity contribution in [1.82, 2.24) is 10.2 Å². The summed E-state index contributed by atoms with van der Waals surface area (Å²) in [6, 6.07) is 10.3. The highest BCUT2D eigenvalue weighted by Gasteiger charge is 2.31. The summed E-state index contributed by atoms with van der Waals surface area (Å²) < 4.78 is 5.80. The monoisotopic (exact) mass is 338 g/mol. The summed E-state index contributed by atoms with van der Waals surface area (Å²) in [5, 5.41) is 3.37. The molecule has 5 heteroatoms. The number of nitrogens with zero attached hydrogens (tertiary/aromatic N) is 1. The number of amides is 1. The smallest absolute Gasteiger partial charge is 0.223 e. The zero-order chi connectivity index (χ0) is 15.4. The fraction of sp³-hybridized carbons (Fsp3) is 0.611. The molecule has 2 aliphatic rings. The van der Waals surface area contributed by atoms with Crippen molar-refractivity contribution >= 4 is 18.3 Å². The summed E-state index contributed by atoms with van der Waals surface area (Å²) in [7, 11) is 0. The van der Waals surface area contributed by atoms with Crippen molar-refractivity contribution in [3.8, 4) is 0 Å². The van der Waals surface area contributed by atoms with Crippen LogP contribution in [-0.2, 0) is 9.53 Å². The zero-order valence-corrected chi connectivity index (χ0v) is 14.6. The Balaban J connectivity index is 0.00000192. The first-order valence-corrected chi connectivity index (χ1v) is 8.41. The number of ether oxygens (including phenoxy) is 1. The van der Waals surface area contributed by atoms with Crippen LogP contribution in [0.5, 0.6) is 0 Å². The summed E-state index contributed by atoms with van der Waals surface area (Å²) in [6.45, 7) is 5.50. The molecule has 1 amide bonds. The number of nitrogens with one attached hydrogen (secondary N) is 1. The largest absolute Gasteiger partial charge is 0.374 e. The maximum Gasteiger partial charge on any atom is 0.223 e. The van der Waals surface area contributed by atoms with Crippen molar-refractivity contribution in [2.45, 2.75) is 38.3 Å². The van der Waals surface area contributed by atoms with Gasteiger partial charge in [-0.3, -0.25) is 4.79 Å². The molecule has 2 aliphatic heterocycles. The molecule has 128 valence electrons. The Labute approximate surface area is 145 Å². The molecule has 0 saturated carbocycles. The van der Waals surface area contributed by atoms with Gasteiger partial charge in [0.25, 0.3) is 0 Å². The standard InChI is InChI=1S/C18H26N2O2.ClH/c1-14-12-20(18(21)8-7-15-9-10-19-11-15)17(13-22-14)16-5-3-2-4-6-16;/h2-6,14-15,17,19H,7-13H2,1H3;1H. The highest BCUT2D eigenvalue weighted by molar-refractivity contribution is 5.85. The van der Waals surface area contributed by atoms with Gasteiger partial charge in [-0.15, -0.1) is 12.4 Å². The van der Waals surface area contributed by atoms with Crippen LogP contribution in [0.25, 0.3) is 0 Å². The summed E-state index contributed by atoms with van der Waals surface area (Å²) in [5.41, 5.74) is 1.17. The van der Waals surface area contributed by atoms with Gasteiger partial charge in [0, 0.05) is 13.0 Å². The molecule has 0 radical (unpaired) electrons. The van der Waals surface area contributed by atoms with Gasteiger partial charge in [0.1, 0.15) is 0 Å². The summed E-state index contributed by atoms with van der Waals surface area (Å²) >= 11 is 0. The fourth-order valence-corrected chi connectivity index (χ4v) is 3.46. The van der Waals surface area contributed by atoms with E-state index in [-0.39, 0.29) is 30.5 Å². The highest BCUT2D eigenvalue weighted by atomic mass is 35.5. The molecule has 1 N–H and O–H groups in total. The third-order valence-corrected chi connectivity index (χ3v) is 4.80. The lowest BCUT2D eigenvalue weighted by Crippen LogP contribution is -2.46. The Morgan fingerprint density at radius 3 is 2.83 bits per heavy atom. The number of rotatable bonds is 4. The van der Waals surface area contributed by atoms with Crippen molar-refractivity contribution in [2.75, 3.05) is 26.2 Å². The molecule has 2 fully saturated rings. The Morgan fingerprint density at radius 2 is 2.13 bits per heavy atom. The van der Waals surface area contributed by atoms with Gasteiger partial charge in [0.05, 0.1) is 18.8 Å². The predicted octanol–water partition coefficient (Wildman–Crippen LogP) is 2.79. The second-order valence-electron chi connectivity index (χ2n) is 6.51. The quantitative estimate of drug-likeness (QED) is 0.917. The fourth-order valence-electron chi connectivity index (χ4n) is 3.46. The minimum absolute atomic E-state index is 0. The van der Waals surface area contributed by atoms with Gasteiger partial charge in [-0.2, -0.15) is 0 Å². The van der Waals surface area contributed by atoms with Gasteiger partial charge in [0.15, 0.2) is 0 Å². The van der Waals surface area contributed by atoms with Crippen LogP contribution in [0.15, 0.2) is 30.3 Å². The van der Waals surface area contributed by atoms with Crippen molar-refractivity contribution < 1.29 is 9.53 Å². The number of morpholine rings is 1. The topological polar surface area (TPSA) is 41.6 Å². The molecule has 0 bridgehead atoms. The molecule has 3 atom stereocenters. The van der Waals surface area contributed by atoms with Crippen LogP contribution in [-0.4, -0.2) is 43.2 Å². The van der Waals surface area contributed by atoms with E-state index < -0.39 is 0 Å². The second-order valence-corrected chi connectivity index (χ2v) is 6.51. The maximum absolute atomic E-state index is 12.7. The van der Waals surface area contributed by atoms with E-state index in [1.54, 1.807) is 0 Å². The van der Waals surface area contributed by atoms with E-state index in [0.29, 0.717) is 25.5 Å². The first-order valence-electron chi connectivity index (χ1n) is 8.41. The molecular weight excluding hydrogens is 312 g/mol. The van der Waals surface area contributed by atoms with Gasteiger partial charge in [-0.25, -0.2) is 0 Å². The molecule has 4 nitrogen and oxygen atoms in total. The van der Waals surface area contributed by atoms with Crippen molar-refractivity contribution in [3.05, 3.63) is 35.9 Å². The van der Waals surface area contributed by atoms with E-state index in [2.05, 4.69) is 17.4 Å². The van der Waals surface area contributed by atoms with E-state index in [1.165, 1.54) is 12.0 Å². The van der Waals surface area contributed by atoms with Crippen LogP contribution >= 0.6 is 12.4 Å². The first-order chi connectivity index (χ1) is 10.7. The van der Waals surface area contributed by atoms with Crippen LogP contribution in [0, 0.1) is 5.92 Å². The molecular formula is C18H27ClN2O2.